The number of hydrogen-bond donors (Lipinski definition) is 1. The van der Waals surface area contributed by atoms with Crippen LogP contribution in [0.1, 0.15) is 54.4 Å². The second kappa shape index (κ2) is 5.44. The van der Waals surface area contributed by atoms with Gasteiger partial charge >= 0.3 is 0 Å². The molecule has 0 radical (unpaired) electrons. The van der Waals surface area contributed by atoms with Crippen molar-refractivity contribution >= 4 is 0 Å². The van der Waals surface area contributed by atoms with Crippen molar-refractivity contribution in [1.29, 1.82) is 0 Å². The van der Waals surface area contributed by atoms with Crippen molar-refractivity contribution in [2.24, 2.45) is 5.41 Å². The van der Waals surface area contributed by atoms with Gasteiger partial charge in [0.15, 0.2) is 0 Å². The minimum Gasteiger partial charge on any atom is -0.396 e. The first-order chi connectivity index (χ1) is 8.56. The largest absolute Gasteiger partial charge is 0.396 e. The van der Waals surface area contributed by atoms with Crippen molar-refractivity contribution in [1.82, 2.24) is 0 Å². The smallest absolute Gasteiger partial charge is 0.0490 e. The highest BCUT2D eigenvalue weighted by atomic mass is 16.3. The summed E-state index contributed by atoms with van der Waals surface area (Å²) in [7, 11) is 0. The van der Waals surface area contributed by atoms with Crippen molar-refractivity contribution in [2.45, 2.75) is 59.3 Å². The maximum atomic E-state index is 9.84. The van der Waals surface area contributed by atoms with Crippen molar-refractivity contribution in [3.63, 3.8) is 0 Å². The van der Waals surface area contributed by atoms with Crippen LogP contribution in [0.4, 0.5) is 0 Å². The zero-order chi connectivity index (χ0) is 13.2. The molecule has 0 unspecified atom stereocenters. The first-order valence-corrected chi connectivity index (χ1v) is 7.24. The minimum absolute atomic E-state index is 0.156. The summed E-state index contributed by atoms with van der Waals surface area (Å²) in [6.45, 7) is 6.93. The van der Waals surface area contributed by atoms with Gasteiger partial charge in [-0.3, -0.25) is 0 Å². The lowest BCUT2D eigenvalue weighted by molar-refractivity contribution is 0.0821. The van der Waals surface area contributed by atoms with E-state index in [0.29, 0.717) is 6.61 Å². The number of aryl methyl sites for hydroxylation is 3. The fourth-order valence-electron chi connectivity index (χ4n) is 3.56. The Labute approximate surface area is 111 Å². The molecule has 1 heteroatoms. The zero-order valence-electron chi connectivity index (χ0n) is 12.1. The summed E-state index contributed by atoms with van der Waals surface area (Å²) in [5.41, 5.74) is 5.76. The first-order valence-electron chi connectivity index (χ1n) is 7.24. The quantitative estimate of drug-likeness (QED) is 0.851. The Balaban J connectivity index is 2.27. The average molecular weight is 246 g/mol. The Hall–Kier alpha value is -0.820. The van der Waals surface area contributed by atoms with Crippen LogP contribution in [0.3, 0.4) is 0 Å². The molecule has 1 saturated carbocycles. The molecule has 0 amide bonds. The summed E-state index contributed by atoms with van der Waals surface area (Å²) in [6, 6.07) is 4.55. The highest BCUT2D eigenvalue weighted by molar-refractivity contribution is 5.38. The minimum atomic E-state index is 0.156. The van der Waals surface area contributed by atoms with Gasteiger partial charge in [-0.15, -0.1) is 0 Å². The van der Waals surface area contributed by atoms with E-state index in [4.69, 9.17) is 0 Å². The summed E-state index contributed by atoms with van der Waals surface area (Å²) in [6.07, 6.45) is 7.34. The van der Waals surface area contributed by atoms with Gasteiger partial charge in [0, 0.05) is 6.61 Å². The molecule has 0 bridgehead atoms. The van der Waals surface area contributed by atoms with Gasteiger partial charge in [0.1, 0.15) is 0 Å². The van der Waals surface area contributed by atoms with Crippen LogP contribution in [0, 0.1) is 26.2 Å². The van der Waals surface area contributed by atoms with E-state index < -0.39 is 0 Å². The number of aliphatic hydroxyl groups excluding tert-OH is 1. The van der Waals surface area contributed by atoms with Gasteiger partial charge in [-0.05, 0) is 62.1 Å². The molecule has 1 aromatic carbocycles. The van der Waals surface area contributed by atoms with Crippen LogP contribution in [0.5, 0.6) is 0 Å². The van der Waals surface area contributed by atoms with Gasteiger partial charge in [-0.1, -0.05) is 37.0 Å². The number of hydrogen-bond acceptors (Lipinski definition) is 1. The van der Waals surface area contributed by atoms with Crippen molar-refractivity contribution in [3.8, 4) is 0 Å². The Morgan fingerprint density at radius 3 is 2.06 bits per heavy atom. The highest BCUT2D eigenvalue weighted by Gasteiger charge is 2.32. The van der Waals surface area contributed by atoms with E-state index in [2.05, 4.69) is 32.9 Å². The molecule has 1 aliphatic carbocycles. The molecular formula is C17H26O. The third kappa shape index (κ3) is 2.77. The molecule has 0 spiro atoms. The van der Waals surface area contributed by atoms with Crippen molar-refractivity contribution in [3.05, 3.63) is 34.4 Å². The summed E-state index contributed by atoms with van der Waals surface area (Å²) in [5.74, 6) is 0. The van der Waals surface area contributed by atoms with E-state index in [1.54, 1.807) is 0 Å². The average Bonchev–Trinajstić information content (AvgIpc) is 2.35. The fraction of sp³-hybridized carbons (Fsp3) is 0.647. The van der Waals surface area contributed by atoms with Crippen LogP contribution in [-0.4, -0.2) is 11.7 Å². The molecule has 1 nitrogen and oxygen atoms in total. The van der Waals surface area contributed by atoms with E-state index in [0.717, 1.165) is 6.42 Å². The lowest BCUT2D eigenvalue weighted by atomic mass is 9.70. The van der Waals surface area contributed by atoms with Gasteiger partial charge in [-0.25, -0.2) is 0 Å². The maximum Gasteiger partial charge on any atom is 0.0490 e. The SMILES string of the molecule is Cc1cc(C)c(CC2(CO)CCCCC2)c(C)c1. The topological polar surface area (TPSA) is 20.2 Å². The molecule has 1 aromatic rings. The van der Waals surface area contributed by atoms with E-state index >= 15 is 0 Å². The molecule has 100 valence electrons. The highest BCUT2D eigenvalue weighted by Crippen LogP contribution is 2.40. The molecule has 18 heavy (non-hydrogen) atoms. The molecule has 0 aromatic heterocycles. The second-order valence-electron chi connectivity index (χ2n) is 6.27. The molecule has 0 atom stereocenters. The zero-order valence-corrected chi connectivity index (χ0v) is 12.1. The third-order valence-corrected chi connectivity index (χ3v) is 4.64. The van der Waals surface area contributed by atoms with Crippen LogP contribution < -0.4 is 0 Å². The number of benzene rings is 1. The predicted molar refractivity (Wildman–Crippen MR) is 77.0 cm³/mol. The number of rotatable bonds is 3. The lowest BCUT2D eigenvalue weighted by Gasteiger charge is -2.36. The maximum absolute atomic E-state index is 9.84. The molecule has 1 fully saturated rings. The van der Waals surface area contributed by atoms with Gasteiger partial charge < -0.3 is 5.11 Å². The Bertz CT molecular complexity index is 391. The fourth-order valence-corrected chi connectivity index (χ4v) is 3.56. The molecule has 1 aliphatic rings. The molecule has 2 rings (SSSR count). The van der Waals surface area contributed by atoms with Crippen molar-refractivity contribution in [2.75, 3.05) is 6.61 Å². The van der Waals surface area contributed by atoms with E-state index in [9.17, 15) is 5.11 Å². The molecule has 0 saturated heterocycles. The summed E-state index contributed by atoms with van der Waals surface area (Å²) >= 11 is 0. The van der Waals surface area contributed by atoms with Crippen LogP contribution in [-0.2, 0) is 6.42 Å². The van der Waals surface area contributed by atoms with Crippen LogP contribution in [0.2, 0.25) is 0 Å². The van der Waals surface area contributed by atoms with Gasteiger partial charge in [0.25, 0.3) is 0 Å². The standard InChI is InChI=1S/C17H26O/c1-13-9-14(2)16(15(3)10-13)11-17(12-18)7-5-4-6-8-17/h9-10,18H,4-8,11-12H2,1-3H3. The number of aliphatic hydroxyl groups is 1. The first kappa shape index (κ1) is 13.6. The van der Waals surface area contributed by atoms with Gasteiger partial charge in [0.05, 0.1) is 0 Å². The second-order valence-corrected chi connectivity index (χ2v) is 6.27. The molecular weight excluding hydrogens is 220 g/mol. The van der Waals surface area contributed by atoms with Gasteiger partial charge in [-0.2, -0.15) is 0 Å². The van der Waals surface area contributed by atoms with Crippen molar-refractivity contribution < 1.29 is 5.11 Å². The van der Waals surface area contributed by atoms with Crippen LogP contribution in [0.25, 0.3) is 0 Å². The summed E-state index contributed by atoms with van der Waals surface area (Å²) in [4.78, 5) is 0. The summed E-state index contributed by atoms with van der Waals surface area (Å²) < 4.78 is 0. The van der Waals surface area contributed by atoms with E-state index in [-0.39, 0.29) is 5.41 Å². The predicted octanol–water partition coefficient (Wildman–Crippen LogP) is 4.10. The summed E-state index contributed by atoms with van der Waals surface area (Å²) in [5, 5.41) is 9.84. The molecule has 0 heterocycles. The Morgan fingerprint density at radius 2 is 1.56 bits per heavy atom. The van der Waals surface area contributed by atoms with E-state index in [1.165, 1.54) is 54.4 Å². The monoisotopic (exact) mass is 246 g/mol. The van der Waals surface area contributed by atoms with Crippen LogP contribution >= 0.6 is 0 Å². The Kier molecular flexibility index (Phi) is 4.11. The van der Waals surface area contributed by atoms with Crippen LogP contribution in [0.15, 0.2) is 12.1 Å². The normalized spacial score (nSPS) is 18.9. The van der Waals surface area contributed by atoms with Gasteiger partial charge in [0.2, 0.25) is 0 Å². The van der Waals surface area contributed by atoms with E-state index in [1.807, 2.05) is 0 Å². The Morgan fingerprint density at radius 1 is 1.00 bits per heavy atom. The molecule has 0 aliphatic heterocycles. The molecule has 1 N–H and O–H groups in total. The lowest BCUT2D eigenvalue weighted by Crippen LogP contribution is -2.31. The third-order valence-electron chi connectivity index (χ3n) is 4.64.